The van der Waals surface area contributed by atoms with Crippen molar-refractivity contribution < 1.29 is 4.42 Å². The van der Waals surface area contributed by atoms with E-state index in [-0.39, 0.29) is 0 Å². The Bertz CT molecular complexity index is 523. The molecule has 0 saturated heterocycles. The van der Waals surface area contributed by atoms with Gasteiger partial charge < -0.3 is 4.42 Å². The van der Waals surface area contributed by atoms with E-state index < -0.39 is 0 Å². The van der Waals surface area contributed by atoms with Gasteiger partial charge in [0.1, 0.15) is 0 Å². The van der Waals surface area contributed by atoms with Crippen molar-refractivity contribution in [2.75, 3.05) is 0 Å². The van der Waals surface area contributed by atoms with Gasteiger partial charge in [-0.2, -0.15) is 0 Å². The van der Waals surface area contributed by atoms with Crippen molar-refractivity contribution in [1.29, 1.82) is 0 Å². The monoisotopic (exact) mass is 250 g/mol. The van der Waals surface area contributed by atoms with Crippen molar-refractivity contribution in [2.45, 2.75) is 40.0 Å². The van der Waals surface area contributed by atoms with Crippen LogP contribution in [0.4, 0.5) is 0 Å². The molecular formula is C15H19ClO. The van der Waals surface area contributed by atoms with Gasteiger partial charge in [-0.05, 0) is 41.5 Å². The number of halogens is 1. The van der Waals surface area contributed by atoms with Crippen LogP contribution < -0.4 is 0 Å². The number of fused-ring (bicyclic) bond motifs is 1. The highest BCUT2D eigenvalue weighted by atomic mass is 35.5. The zero-order valence-electron chi connectivity index (χ0n) is 10.9. The highest BCUT2D eigenvalue weighted by Crippen LogP contribution is 2.33. The molecule has 1 heterocycles. The van der Waals surface area contributed by atoms with Gasteiger partial charge in [-0.1, -0.05) is 39.3 Å². The number of furan rings is 1. The summed E-state index contributed by atoms with van der Waals surface area (Å²) in [5.74, 6) is 1.11. The maximum Gasteiger partial charge on any atom is 0.152 e. The third kappa shape index (κ3) is 2.50. The van der Waals surface area contributed by atoms with E-state index in [0.29, 0.717) is 11.8 Å². The van der Waals surface area contributed by atoms with Crippen LogP contribution in [-0.2, 0) is 6.42 Å². The molecule has 0 radical (unpaired) electrons. The Morgan fingerprint density at radius 2 is 1.88 bits per heavy atom. The van der Waals surface area contributed by atoms with Gasteiger partial charge in [0.2, 0.25) is 0 Å². The minimum atomic E-state index is 0.485. The summed E-state index contributed by atoms with van der Waals surface area (Å²) >= 11 is 6.26. The van der Waals surface area contributed by atoms with E-state index in [1.807, 2.05) is 12.3 Å². The second kappa shape index (κ2) is 4.73. The molecule has 92 valence electrons. The topological polar surface area (TPSA) is 13.1 Å². The largest absolute Gasteiger partial charge is 0.462 e. The third-order valence-corrected chi connectivity index (χ3v) is 3.31. The van der Waals surface area contributed by atoms with Crippen LogP contribution >= 0.6 is 11.6 Å². The van der Waals surface area contributed by atoms with Crippen molar-refractivity contribution in [3.05, 3.63) is 34.5 Å². The van der Waals surface area contributed by atoms with Crippen LogP contribution in [0.15, 0.2) is 22.8 Å². The second-order valence-electron chi connectivity index (χ2n) is 5.39. The smallest absolute Gasteiger partial charge is 0.152 e. The summed E-state index contributed by atoms with van der Waals surface area (Å²) < 4.78 is 5.58. The first kappa shape index (κ1) is 12.5. The van der Waals surface area contributed by atoms with Crippen molar-refractivity contribution >= 4 is 22.6 Å². The Balaban J connectivity index is 2.57. The van der Waals surface area contributed by atoms with E-state index in [9.17, 15) is 0 Å². The summed E-state index contributed by atoms with van der Waals surface area (Å²) in [6.45, 7) is 8.79. The Kier molecular flexibility index (Phi) is 3.48. The van der Waals surface area contributed by atoms with Crippen LogP contribution in [0.5, 0.6) is 0 Å². The van der Waals surface area contributed by atoms with Crippen LogP contribution in [-0.4, -0.2) is 0 Å². The molecule has 1 aromatic carbocycles. The SMILES string of the molecule is CC(C)Cc1coc2c(Cl)cc(C(C)C)cc12. The Morgan fingerprint density at radius 3 is 2.47 bits per heavy atom. The van der Waals surface area contributed by atoms with E-state index >= 15 is 0 Å². The van der Waals surface area contributed by atoms with Crippen molar-refractivity contribution in [1.82, 2.24) is 0 Å². The van der Waals surface area contributed by atoms with Crippen LogP contribution in [0.1, 0.15) is 44.7 Å². The number of benzene rings is 1. The first-order valence-corrected chi connectivity index (χ1v) is 6.56. The van der Waals surface area contributed by atoms with E-state index in [1.165, 1.54) is 16.5 Å². The van der Waals surface area contributed by atoms with E-state index in [0.717, 1.165) is 17.0 Å². The van der Waals surface area contributed by atoms with Crippen molar-refractivity contribution in [2.24, 2.45) is 5.92 Å². The summed E-state index contributed by atoms with van der Waals surface area (Å²) in [5.41, 5.74) is 3.36. The van der Waals surface area contributed by atoms with Crippen LogP contribution in [0.25, 0.3) is 11.0 Å². The minimum absolute atomic E-state index is 0.485. The van der Waals surface area contributed by atoms with Crippen molar-refractivity contribution in [3.63, 3.8) is 0 Å². The average molecular weight is 251 g/mol. The fourth-order valence-corrected chi connectivity index (χ4v) is 2.37. The Labute approximate surface area is 108 Å². The molecule has 0 bridgehead atoms. The number of hydrogen-bond acceptors (Lipinski definition) is 1. The molecule has 0 amide bonds. The molecule has 0 aliphatic rings. The normalized spacial score (nSPS) is 11.9. The summed E-state index contributed by atoms with van der Waals surface area (Å²) in [7, 11) is 0. The average Bonchev–Trinajstić information content (AvgIpc) is 2.61. The molecule has 0 atom stereocenters. The molecule has 1 nitrogen and oxygen atoms in total. The van der Waals surface area contributed by atoms with E-state index in [1.54, 1.807) is 0 Å². The molecule has 0 N–H and O–H groups in total. The third-order valence-electron chi connectivity index (χ3n) is 3.03. The van der Waals surface area contributed by atoms with Gasteiger partial charge >= 0.3 is 0 Å². The molecule has 2 heteroatoms. The van der Waals surface area contributed by atoms with Gasteiger partial charge in [0.25, 0.3) is 0 Å². The molecule has 0 fully saturated rings. The molecular weight excluding hydrogens is 232 g/mol. The maximum atomic E-state index is 6.26. The number of hydrogen-bond donors (Lipinski definition) is 0. The quantitative estimate of drug-likeness (QED) is 0.710. The van der Waals surface area contributed by atoms with Gasteiger partial charge in [0, 0.05) is 5.39 Å². The standard InChI is InChI=1S/C15H19ClO/c1-9(2)5-12-8-17-15-13(12)6-11(10(3)4)7-14(15)16/h6-10H,5H2,1-4H3. The fourth-order valence-electron chi connectivity index (χ4n) is 2.10. The van der Waals surface area contributed by atoms with Gasteiger partial charge in [-0.15, -0.1) is 0 Å². The highest BCUT2D eigenvalue weighted by Gasteiger charge is 2.13. The molecule has 17 heavy (non-hydrogen) atoms. The number of rotatable bonds is 3. The van der Waals surface area contributed by atoms with Crippen LogP contribution in [0, 0.1) is 5.92 Å². The zero-order chi connectivity index (χ0) is 12.6. The fraction of sp³-hybridized carbons (Fsp3) is 0.467. The molecule has 1 aromatic heterocycles. The summed E-state index contributed by atoms with van der Waals surface area (Å²) in [5, 5.41) is 1.90. The molecule has 2 aromatic rings. The maximum absolute atomic E-state index is 6.26. The van der Waals surface area contributed by atoms with Gasteiger partial charge in [-0.3, -0.25) is 0 Å². The molecule has 0 aliphatic heterocycles. The van der Waals surface area contributed by atoms with E-state index in [2.05, 4.69) is 33.8 Å². The van der Waals surface area contributed by atoms with Crippen molar-refractivity contribution in [3.8, 4) is 0 Å². The lowest BCUT2D eigenvalue weighted by Gasteiger charge is -2.07. The minimum Gasteiger partial charge on any atom is -0.462 e. The van der Waals surface area contributed by atoms with Gasteiger partial charge in [0.15, 0.2) is 5.58 Å². The lowest BCUT2D eigenvalue weighted by Crippen LogP contribution is -1.93. The predicted octanol–water partition coefficient (Wildman–Crippen LogP) is 5.41. The summed E-state index contributed by atoms with van der Waals surface area (Å²) in [6, 6.07) is 4.23. The highest BCUT2D eigenvalue weighted by molar-refractivity contribution is 6.35. The lowest BCUT2D eigenvalue weighted by molar-refractivity contribution is 0.594. The summed E-state index contributed by atoms with van der Waals surface area (Å²) in [6.07, 6.45) is 2.88. The first-order valence-electron chi connectivity index (χ1n) is 6.18. The molecule has 0 saturated carbocycles. The Hall–Kier alpha value is -0.950. The Morgan fingerprint density at radius 1 is 1.18 bits per heavy atom. The lowest BCUT2D eigenvalue weighted by atomic mass is 9.97. The first-order chi connectivity index (χ1) is 7.99. The zero-order valence-corrected chi connectivity index (χ0v) is 11.6. The predicted molar refractivity (Wildman–Crippen MR) is 73.9 cm³/mol. The van der Waals surface area contributed by atoms with E-state index in [4.69, 9.17) is 16.0 Å². The molecule has 0 aliphatic carbocycles. The molecule has 2 rings (SSSR count). The van der Waals surface area contributed by atoms with Gasteiger partial charge in [0.05, 0.1) is 11.3 Å². The molecule has 0 unspecified atom stereocenters. The van der Waals surface area contributed by atoms with Crippen LogP contribution in [0.2, 0.25) is 5.02 Å². The molecule has 0 spiro atoms. The summed E-state index contributed by atoms with van der Waals surface area (Å²) in [4.78, 5) is 0. The van der Waals surface area contributed by atoms with Gasteiger partial charge in [-0.25, -0.2) is 0 Å². The van der Waals surface area contributed by atoms with Crippen LogP contribution in [0.3, 0.4) is 0 Å². The second-order valence-corrected chi connectivity index (χ2v) is 5.80.